The maximum atomic E-state index is 13.2. The van der Waals surface area contributed by atoms with Crippen molar-refractivity contribution in [1.82, 2.24) is 9.88 Å². The highest BCUT2D eigenvalue weighted by atomic mass is 35.5. The Bertz CT molecular complexity index is 1330. The number of nitrogens with one attached hydrogen (secondary N) is 1. The number of urea groups is 1. The average molecular weight is 506 g/mol. The molecule has 1 N–H and O–H groups in total. The molecule has 186 valence electrons. The van der Waals surface area contributed by atoms with E-state index in [1.807, 2.05) is 35.9 Å². The zero-order valence-corrected chi connectivity index (χ0v) is 21.2. The third-order valence-corrected chi connectivity index (χ3v) is 6.74. The van der Waals surface area contributed by atoms with Gasteiger partial charge in [0.25, 0.3) is 11.8 Å². The Kier molecular flexibility index (Phi) is 7.60. The van der Waals surface area contributed by atoms with E-state index in [1.165, 1.54) is 17.7 Å². The minimum absolute atomic E-state index is 0.146. The number of rotatable bonds is 8. The molecule has 0 saturated carbocycles. The van der Waals surface area contributed by atoms with Gasteiger partial charge in [-0.05, 0) is 72.9 Å². The Labute approximate surface area is 215 Å². The number of hydrogen-bond acceptors (Lipinski definition) is 4. The van der Waals surface area contributed by atoms with Crippen molar-refractivity contribution >= 4 is 41.2 Å². The van der Waals surface area contributed by atoms with Gasteiger partial charge >= 0.3 is 6.03 Å². The van der Waals surface area contributed by atoms with E-state index in [2.05, 4.69) is 31.3 Å². The Balaban J connectivity index is 1.48. The molecule has 1 unspecified atom stereocenters. The molecule has 4 rings (SSSR count). The highest BCUT2D eigenvalue weighted by molar-refractivity contribution is 6.39. The lowest BCUT2D eigenvalue weighted by Crippen LogP contribution is -2.54. The van der Waals surface area contributed by atoms with Gasteiger partial charge in [0, 0.05) is 16.9 Å². The first-order valence-electron chi connectivity index (χ1n) is 11.8. The number of imide groups is 2. The summed E-state index contributed by atoms with van der Waals surface area (Å²) >= 11 is 6.18. The molecule has 0 aliphatic carbocycles. The maximum Gasteiger partial charge on any atom is 0.335 e. The summed E-state index contributed by atoms with van der Waals surface area (Å²) in [6.07, 6.45) is 4.40. The predicted octanol–water partition coefficient (Wildman–Crippen LogP) is 5.71. The molecular weight excluding hydrogens is 478 g/mol. The molecule has 1 aliphatic rings. The van der Waals surface area contributed by atoms with Gasteiger partial charge in [-0.15, -0.1) is 0 Å². The number of hydrogen-bond donors (Lipinski definition) is 1. The van der Waals surface area contributed by atoms with Crippen LogP contribution in [0.5, 0.6) is 5.75 Å². The van der Waals surface area contributed by atoms with Gasteiger partial charge in [-0.1, -0.05) is 43.6 Å². The summed E-state index contributed by atoms with van der Waals surface area (Å²) in [5.74, 6) is -0.177. The molecule has 0 radical (unpaired) electrons. The van der Waals surface area contributed by atoms with Crippen LogP contribution >= 0.6 is 11.6 Å². The summed E-state index contributed by atoms with van der Waals surface area (Å²) in [7, 11) is 0. The zero-order chi connectivity index (χ0) is 25.8. The Morgan fingerprint density at radius 1 is 1.08 bits per heavy atom. The molecule has 2 aromatic carbocycles. The normalized spacial score (nSPS) is 15.8. The number of aryl methyl sites for hydroxylation is 1. The van der Waals surface area contributed by atoms with Gasteiger partial charge in [-0.25, -0.2) is 9.69 Å². The summed E-state index contributed by atoms with van der Waals surface area (Å²) in [5.41, 5.74) is 2.87. The lowest BCUT2D eigenvalue weighted by molar-refractivity contribution is -0.122. The Morgan fingerprint density at radius 3 is 2.53 bits per heavy atom. The predicted molar refractivity (Wildman–Crippen MR) is 140 cm³/mol. The fourth-order valence-corrected chi connectivity index (χ4v) is 4.09. The van der Waals surface area contributed by atoms with Crippen molar-refractivity contribution in [1.29, 1.82) is 0 Å². The lowest BCUT2D eigenvalue weighted by atomic mass is 9.99. The fraction of sp³-hybridized carbons (Fsp3) is 0.250. The molecule has 1 aliphatic heterocycles. The lowest BCUT2D eigenvalue weighted by Gasteiger charge is -2.26. The van der Waals surface area contributed by atoms with Crippen molar-refractivity contribution < 1.29 is 19.1 Å². The number of aromatic nitrogens is 1. The van der Waals surface area contributed by atoms with E-state index >= 15 is 0 Å². The largest absolute Gasteiger partial charge is 0.492 e. The first-order chi connectivity index (χ1) is 17.3. The molecule has 1 fully saturated rings. The van der Waals surface area contributed by atoms with E-state index in [1.54, 1.807) is 18.2 Å². The van der Waals surface area contributed by atoms with Gasteiger partial charge in [0.05, 0.1) is 12.2 Å². The van der Waals surface area contributed by atoms with E-state index in [9.17, 15) is 14.4 Å². The summed E-state index contributed by atoms with van der Waals surface area (Å²) in [6, 6.07) is 15.7. The smallest absolute Gasteiger partial charge is 0.335 e. The molecule has 0 bridgehead atoms. The molecule has 0 spiro atoms. The van der Waals surface area contributed by atoms with E-state index in [-0.39, 0.29) is 11.3 Å². The summed E-state index contributed by atoms with van der Waals surface area (Å²) in [6.45, 7) is 7.09. The standard InChI is InChI=1S/C28H28ClN3O4/c1-4-18(2)20-8-11-23(12-9-20)36-15-14-31-13-5-6-21(31)16-24-26(33)30-28(35)32(27(24)34)22-10-7-19(3)25(29)17-22/h5-13,16-18H,4,14-15H2,1-3H3,(H,30,33,35)/b24-16-. The number of benzene rings is 2. The second kappa shape index (κ2) is 10.8. The minimum Gasteiger partial charge on any atom is -0.492 e. The third kappa shape index (κ3) is 5.36. The highest BCUT2D eigenvalue weighted by Crippen LogP contribution is 2.27. The second-order valence-electron chi connectivity index (χ2n) is 8.74. The molecular formula is C28H28ClN3O4. The van der Waals surface area contributed by atoms with Crippen LogP contribution in [0.4, 0.5) is 10.5 Å². The third-order valence-electron chi connectivity index (χ3n) is 6.33. The number of carbonyl (C=O) groups is 3. The monoisotopic (exact) mass is 505 g/mol. The van der Waals surface area contributed by atoms with Crippen molar-refractivity contribution in [2.45, 2.75) is 39.7 Å². The number of halogens is 1. The van der Waals surface area contributed by atoms with Gasteiger partial charge in [-0.3, -0.25) is 14.9 Å². The number of ether oxygens (including phenoxy) is 1. The van der Waals surface area contributed by atoms with Crippen LogP contribution in [-0.2, 0) is 16.1 Å². The number of barbiturate groups is 1. The number of anilines is 1. The maximum absolute atomic E-state index is 13.2. The van der Waals surface area contributed by atoms with Crippen LogP contribution in [0.1, 0.15) is 43.0 Å². The van der Waals surface area contributed by atoms with E-state index in [0.717, 1.165) is 22.6 Å². The van der Waals surface area contributed by atoms with Crippen LogP contribution in [0, 0.1) is 6.92 Å². The van der Waals surface area contributed by atoms with E-state index in [0.29, 0.717) is 29.8 Å². The van der Waals surface area contributed by atoms with Crippen LogP contribution in [0.25, 0.3) is 6.08 Å². The summed E-state index contributed by atoms with van der Waals surface area (Å²) in [4.78, 5) is 39.1. The quantitative estimate of drug-likeness (QED) is 0.314. The molecule has 1 aromatic heterocycles. The molecule has 2 heterocycles. The van der Waals surface area contributed by atoms with Gasteiger partial charge in [-0.2, -0.15) is 0 Å². The topological polar surface area (TPSA) is 80.6 Å². The minimum atomic E-state index is -0.815. The van der Waals surface area contributed by atoms with Crippen molar-refractivity contribution in [2.24, 2.45) is 0 Å². The van der Waals surface area contributed by atoms with Crippen molar-refractivity contribution in [3.05, 3.63) is 88.2 Å². The first-order valence-corrected chi connectivity index (χ1v) is 12.2. The van der Waals surface area contributed by atoms with Crippen LogP contribution < -0.4 is 15.0 Å². The van der Waals surface area contributed by atoms with Gasteiger partial charge in [0.2, 0.25) is 0 Å². The SMILES string of the molecule is CCC(C)c1ccc(OCCn2cccc2/C=C2/C(=O)NC(=O)N(c3ccc(C)c(Cl)c3)C2=O)cc1. The Morgan fingerprint density at radius 2 is 1.83 bits per heavy atom. The molecule has 8 heteroatoms. The van der Waals surface area contributed by atoms with Crippen LogP contribution in [0.3, 0.4) is 0 Å². The van der Waals surface area contributed by atoms with Gasteiger partial charge in [0.1, 0.15) is 17.9 Å². The van der Waals surface area contributed by atoms with Crippen molar-refractivity contribution in [2.75, 3.05) is 11.5 Å². The molecule has 4 amide bonds. The molecule has 3 aromatic rings. The van der Waals surface area contributed by atoms with Crippen molar-refractivity contribution in [3.8, 4) is 5.75 Å². The highest BCUT2D eigenvalue weighted by Gasteiger charge is 2.37. The average Bonchev–Trinajstić information content (AvgIpc) is 3.30. The molecule has 7 nitrogen and oxygen atoms in total. The van der Waals surface area contributed by atoms with Gasteiger partial charge in [0.15, 0.2) is 0 Å². The summed E-state index contributed by atoms with van der Waals surface area (Å²) in [5, 5.41) is 2.65. The fourth-order valence-electron chi connectivity index (χ4n) is 3.91. The number of nitrogens with zero attached hydrogens (tertiary/aromatic N) is 2. The number of carbonyl (C=O) groups excluding carboxylic acids is 3. The molecule has 36 heavy (non-hydrogen) atoms. The molecule has 1 saturated heterocycles. The zero-order valence-electron chi connectivity index (χ0n) is 20.5. The summed E-state index contributed by atoms with van der Waals surface area (Å²) < 4.78 is 7.77. The van der Waals surface area contributed by atoms with Crippen LogP contribution in [0.15, 0.2) is 66.4 Å². The Hall–Kier alpha value is -3.84. The molecule has 1 atom stereocenters. The van der Waals surface area contributed by atoms with Crippen LogP contribution in [-0.4, -0.2) is 29.0 Å². The van der Waals surface area contributed by atoms with E-state index < -0.39 is 17.8 Å². The van der Waals surface area contributed by atoms with Gasteiger partial charge < -0.3 is 9.30 Å². The number of amides is 4. The van der Waals surface area contributed by atoms with E-state index in [4.69, 9.17) is 16.3 Å². The first kappa shape index (κ1) is 25.3. The van der Waals surface area contributed by atoms with Crippen molar-refractivity contribution in [3.63, 3.8) is 0 Å². The van der Waals surface area contributed by atoms with Crippen LogP contribution in [0.2, 0.25) is 5.02 Å². The second-order valence-corrected chi connectivity index (χ2v) is 9.15.